The minimum atomic E-state index is -0.369. The summed E-state index contributed by atoms with van der Waals surface area (Å²) in [6.45, 7) is 0.985. The number of rotatable bonds is 4. The van der Waals surface area contributed by atoms with Gasteiger partial charge in [0.2, 0.25) is 5.91 Å². The van der Waals surface area contributed by atoms with E-state index in [2.05, 4.69) is 0 Å². The van der Waals surface area contributed by atoms with Crippen LogP contribution in [0.2, 0.25) is 5.02 Å². The maximum atomic E-state index is 12.9. The van der Waals surface area contributed by atoms with E-state index in [1.807, 2.05) is 31.3 Å². The minimum absolute atomic E-state index is 0.173. The van der Waals surface area contributed by atoms with Gasteiger partial charge in [-0.1, -0.05) is 55.5 Å². The van der Waals surface area contributed by atoms with Crippen LogP contribution in [0, 0.1) is 5.41 Å². The van der Waals surface area contributed by atoms with Crippen molar-refractivity contribution in [1.82, 2.24) is 4.90 Å². The van der Waals surface area contributed by atoms with Gasteiger partial charge in [-0.15, -0.1) is 0 Å². The molecule has 4 heteroatoms. The first-order valence-corrected chi connectivity index (χ1v) is 8.16. The van der Waals surface area contributed by atoms with Crippen LogP contribution in [0.1, 0.15) is 44.1 Å². The topological polar surface area (TPSA) is 46.3 Å². The van der Waals surface area contributed by atoms with E-state index >= 15 is 0 Å². The van der Waals surface area contributed by atoms with E-state index in [-0.39, 0.29) is 11.3 Å². The van der Waals surface area contributed by atoms with Gasteiger partial charge in [-0.3, -0.25) is 4.79 Å². The Kier molecular flexibility index (Phi) is 5.65. The number of nitrogens with two attached hydrogens (primary N) is 1. The average molecular weight is 309 g/mol. The molecule has 0 spiro atoms. The fraction of sp³-hybridized carbons (Fsp3) is 0.588. The second-order valence-electron chi connectivity index (χ2n) is 6.15. The molecule has 2 rings (SSSR count). The van der Waals surface area contributed by atoms with Gasteiger partial charge >= 0.3 is 0 Å². The Morgan fingerprint density at radius 1 is 1.24 bits per heavy atom. The van der Waals surface area contributed by atoms with Crippen molar-refractivity contribution in [3.63, 3.8) is 0 Å². The van der Waals surface area contributed by atoms with Crippen LogP contribution < -0.4 is 5.73 Å². The summed E-state index contributed by atoms with van der Waals surface area (Å²) < 4.78 is 0. The molecular weight excluding hydrogens is 284 g/mol. The lowest BCUT2D eigenvalue weighted by Gasteiger charge is -2.34. The molecule has 1 fully saturated rings. The number of carbonyl (C=O) groups is 1. The van der Waals surface area contributed by atoms with Gasteiger partial charge in [0.05, 0.1) is 5.41 Å². The fourth-order valence-electron chi connectivity index (χ4n) is 3.27. The summed E-state index contributed by atoms with van der Waals surface area (Å²) in [4.78, 5) is 14.7. The Labute approximate surface area is 132 Å². The van der Waals surface area contributed by atoms with Crippen LogP contribution in [0.3, 0.4) is 0 Å². The zero-order chi connectivity index (χ0) is 15.3. The number of amides is 1. The Hall–Kier alpha value is -1.06. The lowest BCUT2D eigenvalue weighted by Crippen LogP contribution is -2.46. The second-order valence-corrected chi connectivity index (χ2v) is 6.56. The van der Waals surface area contributed by atoms with E-state index in [0.29, 0.717) is 18.1 Å². The number of carbonyl (C=O) groups excluding carboxylic acids is 1. The van der Waals surface area contributed by atoms with Gasteiger partial charge in [0, 0.05) is 25.2 Å². The first kappa shape index (κ1) is 16.3. The lowest BCUT2D eigenvalue weighted by atomic mass is 9.79. The summed E-state index contributed by atoms with van der Waals surface area (Å²) in [5, 5.41) is 0.708. The van der Waals surface area contributed by atoms with E-state index in [4.69, 9.17) is 17.3 Å². The van der Waals surface area contributed by atoms with Gasteiger partial charge in [0.1, 0.15) is 0 Å². The monoisotopic (exact) mass is 308 g/mol. The largest absolute Gasteiger partial charge is 0.341 e. The molecule has 1 aromatic carbocycles. The Bertz CT molecular complexity index is 481. The highest BCUT2D eigenvalue weighted by atomic mass is 35.5. The van der Waals surface area contributed by atoms with Crippen LogP contribution in [0.25, 0.3) is 0 Å². The van der Waals surface area contributed by atoms with Crippen LogP contribution in [0.5, 0.6) is 0 Å². The Morgan fingerprint density at radius 3 is 2.43 bits per heavy atom. The van der Waals surface area contributed by atoms with E-state index < -0.39 is 0 Å². The van der Waals surface area contributed by atoms with Gasteiger partial charge in [0.25, 0.3) is 0 Å². The molecule has 0 heterocycles. The van der Waals surface area contributed by atoms with Crippen LogP contribution in [0.4, 0.5) is 0 Å². The molecule has 1 saturated carbocycles. The molecule has 0 atom stereocenters. The molecule has 3 nitrogen and oxygen atoms in total. The zero-order valence-electron chi connectivity index (χ0n) is 12.8. The van der Waals surface area contributed by atoms with Crippen LogP contribution in [0.15, 0.2) is 24.3 Å². The molecule has 1 amide bonds. The predicted octanol–water partition coefficient (Wildman–Crippen LogP) is 3.60. The predicted molar refractivity (Wildman–Crippen MR) is 87.1 cm³/mol. The quantitative estimate of drug-likeness (QED) is 0.864. The molecule has 0 aromatic heterocycles. The van der Waals surface area contributed by atoms with Gasteiger partial charge in [-0.05, 0) is 24.5 Å². The zero-order valence-corrected chi connectivity index (χ0v) is 13.5. The molecule has 0 aliphatic heterocycles. The van der Waals surface area contributed by atoms with Crippen LogP contribution in [-0.4, -0.2) is 24.4 Å². The second kappa shape index (κ2) is 7.28. The molecule has 0 bridgehead atoms. The molecule has 1 aliphatic rings. The highest BCUT2D eigenvalue weighted by Crippen LogP contribution is 2.36. The Morgan fingerprint density at radius 2 is 1.86 bits per heavy atom. The molecule has 0 saturated heterocycles. The Balaban J connectivity index is 2.11. The van der Waals surface area contributed by atoms with Crippen molar-refractivity contribution in [2.45, 2.75) is 45.1 Å². The maximum absolute atomic E-state index is 12.9. The summed E-state index contributed by atoms with van der Waals surface area (Å²) in [6, 6.07) is 7.68. The summed E-state index contributed by atoms with van der Waals surface area (Å²) in [5.41, 5.74) is 6.61. The van der Waals surface area contributed by atoms with Crippen molar-refractivity contribution >= 4 is 17.5 Å². The fourth-order valence-corrected chi connectivity index (χ4v) is 3.46. The first-order chi connectivity index (χ1) is 10.1. The number of benzene rings is 1. The van der Waals surface area contributed by atoms with Gasteiger partial charge in [-0.2, -0.15) is 0 Å². The van der Waals surface area contributed by atoms with Crippen LogP contribution in [-0.2, 0) is 11.3 Å². The first-order valence-electron chi connectivity index (χ1n) is 7.78. The number of hydrogen-bond donors (Lipinski definition) is 1. The number of nitrogens with zero attached hydrogens (tertiary/aromatic N) is 1. The van der Waals surface area contributed by atoms with Crippen molar-refractivity contribution in [1.29, 1.82) is 0 Å². The van der Waals surface area contributed by atoms with Crippen molar-refractivity contribution in [2.24, 2.45) is 11.1 Å². The maximum Gasteiger partial charge on any atom is 0.230 e. The van der Waals surface area contributed by atoms with Crippen molar-refractivity contribution in [3.05, 3.63) is 34.9 Å². The lowest BCUT2D eigenvalue weighted by molar-refractivity contribution is -0.141. The van der Waals surface area contributed by atoms with E-state index in [1.54, 1.807) is 4.90 Å². The molecule has 1 aliphatic carbocycles. The van der Waals surface area contributed by atoms with Crippen LogP contribution >= 0.6 is 11.6 Å². The molecule has 21 heavy (non-hydrogen) atoms. The van der Waals surface area contributed by atoms with Crippen molar-refractivity contribution in [2.75, 3.05) is 13.6 Å². The average Bonchev–Trinajstić information content (AvgIpc) is 2.75. The highest BCUT2D eigenvalue weighted by molar-refractivity contribution is 6.31. The molecule has 0 radical (unpaired) electrons. The van der Waals surface area contributed by atoms with E-state index in [1.165, 1.54) is 12.8 Å². The normalized spacial score (nSPS) is 18.0. The van der Waals surface area contributed by atoms with Gasteiger partial charge in [-0.25, -0.2) is 0 Å². The van der Waals surface area contributed by atoms with Gasteiger partial charge < -0.3 is 10.6 Å². The summed E-state index contributed by atoms with van der Waals surface area (Å²) >= 11 is 6.19. The minimum Gasteiger partial charge on any atom is -0.341 e. The van der Waals surface area contributed by atoms with E-state index in [9.17, 15) is 4.79 Å². The third kappa shape index (κ3) is 3.78. The number of hydrogen-bond acceptors (Lipinski definition) is 2. The summed E-state index contributed by atoms with van der Waals surface area (Å²) in [6.07, 6.45) is 6.45. The van der Waals surface area contributed by atoms with Crippen molar-refractivity contribution < 1.29 is 4.79 Å². The molecule has 0 unspecified atom stereocenters. The van der Waals surface area contributed by atoms with Gasteiger partial charge in [0.15, 0.2) is 0 Å². The smallest absolute Gasteiger partial charge is 0.230 e. The standard InChI is InChI=1S/C17H25ClN2O/c1-20(12-14-8-4-5-9-15(14)18)16(21)17(13-19)10-6-2-3-7-11-17/h4-5,8-9H,2-3,6-7,10-13,19H2,1H3. The molecule has 2 N–H and O–H groups in total. The van der Waals surface area contributed by atoms with E-state index in [0.717, 1.165) is 31.2 Å². The third-order valence-electron chi connectivity index (χ3n) is 4.62. The highest BCUT2D eigenvalue weighted by Gasteiger charge is 2.39. The molecule has 1 aromatic rings. The number of halogens is 1. The molecule has 116 valence electrons. The molecular formula is C17H25ClN2O. The third-order valence-corrected chi connectivity index (χ3v) is 4.99. The SMILES string of the molecule is CN(Cc1ccccc1Cl)C(=O)C1(CN)CCCCCC1. The van der Waals surface area contributed by atoms with Crippen molar-refractivity contribution in [3.8, 4) is 0 Å². The summed E-state index contributed by atoms with van der Waals surface area (Å²) in [5.74, 6) is 0.173. The summed E-state index contributed by atoms with van der Waals surface area (Å²) in [7, 11) is 1.86.